The van der Waals surface area contributed by atoms with Crippen molar-refractivity contribution < 1.29 is 17.9 Å². The lowest BCUT2D eigenvalue weighted by Gasteiger charge is -2.38. The van der Waals surface area contributed by atoms with E-state index in [1.165, 1.54) is 12.7 Å². The Kier molecular flexibility index (Phi) is 5.32. The molecule has 2 aromatic rings. The van der Waals surface area contributed by atoms with Gasteiger partial charge in [0, 0.05) is 19.5 Å². The topological polar surface area (TPSA) is 63.7 Å². The molecule has 0 radical (unpaired) electrons. The Bertz CT molecular complexity index is 884. The summed E-state index contributed by atoms with van der Waals surface area (Å²) in [5.41, 5.74) is 2.33. The van der Waals surface area contributed by atoms with Crippen LogP contribution in [-0.4, -0.2) is 44.7 Å². The van der Waals surface area contributed by atoms with Crippen LogP contribution in [0.2, 0.25) is 0 Å². The first-order valence-corrected chi connectivity index (χ1v) is 10.2. The molecule has 138 valence electrons. The lowest BCUT2D eigenvalue weighted by atomic mass is 10.0. The van der Waals surface area contributed by atoms with Crippen LogP contribution in [0.1, 0.15) is 17.5 Å². The van der Waals surface area contributed by atoms with Crippen LogP contribution in [0.4, 0.5) is 0 Å². The van der Waals surface area contributed by atoms with Crippen LogP contribution in [0.5, 0.6) is 5.75 Å². The molecule has 5 nitrogen and oxygen atoms in total. The number of benzene rings is 2. The van der Waals surface area contributed by atoms with Gasteiger partial charge in [-0.25, -0.2) is 8.42 Å². The molecule has 0 spiro atoms. The van der Waals surface area contributed by atoms with Gasteiger partial charge in [0.15, 0.2) is 9.84 Å². The van der Waals surface area contributed by atoms with E-state index in [0.717, 1.165) is 5.56 Å². The van der Waals surface area contributed by atoms with Crippen molar-refractivity contribution in [2.45, 2.75) is 29.9 Å². The number of ether oxygens (including phenoxy) is 1. The minimum atomic E-state index is -3.42. The molecule has 0 saturated carbocycles. The number of rotatable bonds is 6. The molecule has 1 amide bonds. The summed E-state index contributed by atoms with van der Waals surface area (Å²) in [7, 11) is -1.88. The summed E-state index contributed by atoms with van der Waals surface area (Å²) in [6.45, 7) is 2.56. The molecule has 0 atom stereocenters. The van der Waals surface area contributed by atoms with E-state index in [4.69, 9.17) is 4.74 Å². The predicted octanol–water partition coefficient (Wildman–Crippen LogP) is 2.62. The van der Waals surface area contributed by atoms with Crippen molar-refractivity contribution in [1.29, 1.82) is 0 Å². The van der Waals surface area contributed by atoms with E-state index >= 15 is 0 Å². The van der Waals surface area contributed by atoms with E-state index < -0.39 is 15.1 Å². The third kappa shape index (κ3) is 3.75. The smallest absolute Gasteiger partial charge is 0.222 e. The number of aryl methyl sites for hydroxylation is 2. The summed E-state index contributed by atoms with van der Waals surface area (Å²) in [5.74, 6) is 0.625. The van der Waals surface area contributed by atoms with Gasteiger partial charge in [-0.15, -0.1) is 0 Å². The van der Waals surface area contributed by atoms with Crippen molar-refractivity contribution in [3.63, 3.8) is 0 Å². The second kappa shape index (κ2) is 7.50. The number of methoxy groups -OCH3 is 1. The second-order valence-corrected chi connectivity index (χ2v) is 8.80. The average Bonchev–Trinajstić information content (AvgIpc) is 2.59. The first kappa shape index (κ1) is 18.5. The molecular weight excluding hydrogens is 350 g/mol. The molecule has 0 aliphatic carbocycles. The van der Waals surface area contributed by atoms with Gasteiger partial charge in [0.2, 0.25) is 5.91 Å². The summed E-state index contributed by atoms with van der Waals surface area (Å²) in [4.78, 5) is 14.2. The van der Waals surface area contributed by atoms with E-state index in [1.54, 1.807) is 29.2 Å². The fourth-order valence-electron chi connectivity index (χ4n) is 3.09. The van der Waals surface area contributed by atoms with Crippen molar-refractivity contribution >= 4 is 15.7 Å². The van der Waals surface area contributed by atoms with Gasteiger partial charge in [-0.2, -0.15) is 0 Å². The van der Waals surface area contributed by atoms with E-state index in [9.17, 15) is 13.2 Å². The van der Waals surface area contributed by atoms with Crippen LogP contribution in [0, 0.1) is 6.92 Å². The third-order valence-electron chi connectivity index (χ3n) is 4.90. The van der Waals surface area contributed by atoms with Gasteiger partial charge in [0.1, 0.15) is 11.0 Å². The van der Waals surface area contributed by atoms with Crippen LogP contribution in [0.3, 0.4) is 0 Å². The molecule has 1 heterocycles. The fourth-order valence-corrected chi connectivity index (χ4v) is 4.74. The molecule has 0 unspecified atom stereocenters. The van der Waals surface area contributed by atoms with E-state index in [0.29, 0.717) is 18.6 Å². The van der Waals surface area contributed by atoms with Gasteiger partial charge in [-0.3, -0.25) is 4.79 Å². The number of amides is 1. The molecule has 0 N–H and O–H groups in total. The van der Waals surface area contributed by atoms with Crippen molar-refractivity contribution in [1.82, 2.24) is 4.90 Å². The van der Waals surface area contributed by atoms with Crippen molar-refractivity contribution in [2.75, 3.05) is 20.2 Å². The number of sulfone groups is 1. The first-order valence-electron chi connectivity index (χ1n) is 8.62. The highest BCUT2D eigenvalue weighted by atomic mass is 32.2. The van der Waals surface area contributed by atoms with E-state index in [2.05, 4.69) is 0 Å². The van der Waals surface area contributed by atoms with Crippen LogP contribution >= 0.6 is 0 Å². The number of carbonyl (C=O) groups excluding carboxylic acids is 1. The number of hydrogen-bond donors (Lipinski definition) is 0. The van der Waals surface area contributed by atoms with Crippen LogP contribution < -0.4 is 4.74 Å². The average molecular weight is 373 g/mol. The number of carbonyl (C=O) groups is 1. The molecule has 1 fully saturated rings. The predicted molar refractivity (Wildman–Crippen MR) is 100 cm³/mol. The highest BCUT2D eigenvalue weighted by Gasteiger charge is 2.40. The molecule has 26 heavy (non-hydrogen) atoms. The van der Waals surface area contributed by atoms with Gasteiger partial charge in [-0.05, 0) is 48.7 Å². The maximum Gasteiger partial charge on any atom is 0.222 e. The Balaban J connectivity index is 1.55. The summed E-state index contributed by atoms with van der Waals surface area (Å²) < 4.78 is 30.3. The van der Waals surface area contributed by atoms with Crippen LogP contribution in [0.15, 0.2) is 53.4 Å². The monoisotopic (exact) mass is 373 g/mol. The normalized spacial score (nSPS) is 14.8. The maximum atomic E-state index is 12.6. The Hall–Kier alpha value is -2.34. The zero-order chi connectivity index (χ0) is 18.7. The maximum absolute atomic E-state index is 12.6. The molecule has 0 aromatic heterocycles. The van der Waals surface area contributed by atoms with Crippen molar-refractivity contribution in [3.05, 3.63) is 59.7 Å². The molecule has 1 aliphatic rings. The summed E-state index contributed by atoms with van der Waals surface area (Å²) in [6, 6.07) is 14.4. The van der Waals surface area contributed by atoms with Crippen LogP contribution in [0.25, 0.3) is 0 Å². The molecule has 1 aliphatic heterocycles. The summed E-state index contributed by atoms with van der Waals surface area (Å²) in [5, 5.41) is -0.529. The standard InChI is InChI=1S/C20H23NO4S/c1-15-5-3-4-6-16(15)7-12-20(22)21-13-19(14-21)26(23,24)18-10-8-17(25-2)9-11-18/h3-6,8-11,19H,7,12-14H2,1-2H3. The van der Waals surface area contributed by atoms with Crippen molar-refractivity contribution in [2.24, 2.45) is 0 Å². The lowest BCUT2D eigenvalue weighted by molar-refractivity contribution is -0.134. The SMILES string of the molecule is COc1ccc(S(=O)(=O)C2CN(C(=O)CCc3ccccc3C)C2)cc1. The molecule has 3 rings (SSSR count). The van der Waals surface area contributed by atoms with Gasteiger partial charge in [-0.1, -0.05) is 24.3 Å². The van der Waals surface area contributed by atoms with Crippen LogP contribution in [-0.2, 0) is 21.1 Å². The second-order valence-electron chi connectivity index (χ2n) is 6.57. The molecule has 0 bridgehead atoms. The van der Waals surface area contributed by atoms with Gasteiger partial charge in [0.25, 0.3) is 0 Å². The zero-order valence-electron chi connectivity index (χ0n) is 15.0. The Morgan fingerprint density at radius 1 is 1.12 bits per heavy atom. The zero-order valence-corrected chi connectivity index (χ0v) is 15.8. The Labute approximate surface area is 154 Å². The van der Waals surface area contributed by atoms with E-state index in [-0.39, 0.29) is 23.9 Å². The summed E-state index contributed by atoms with van der Waals surface area (Å²) >= 11 is 0. The van der Waals surface area contributed by atoms with Gasteiger partial charge >= 0.3 is 0 Å². The molecular formula is C20H23NO4S. The number of nitrogens with zero attached hydrogens (tertiary/aromatic N) is 1. The molecule has 1 saturated heterocycles. The van der Waals surface area contributed by atoms with Gasteiger partial charge < -0.3 is 9.64 Å². The summed E-state index contributed by atoms with van der Waals surface area (Å²) in [6.07, 6.45) is 1.08. The highest BCUT2D eigenvalue weighted by Crippen LogP contribution is 2.26. The Morgan fingerprint density at radius 2 is 1.77 bits per heavy atom. The third-order valence-corrected chi connectivity index (χ3v) is 7.00. The molecule has 6 heteroatoms. The highest BCUT2D eigenvalue weighted by molar-refractivity contribution is 7.92. The van der Waals surface area contributed by atoms with Crippen molar-refractivity contribution in [3.8, 4) is 5.75 Å². The number of likely N-dealkylation sites (tertiary alicyclic amines) is 1. The first-order chi connectivity index (χ1) is 12.4. The van der Waals surface area contributed by atoms with E-state index in [1.807, 2.05) is 31.2 Å². The quantitative estimate of drug-likeness (QED) is 0.781. The lowest BCUT2D eigenvalue weighted by Crippen LogP contribution is -2.56. The minimum absolute atomic E-state index is 0.00874. The fraction of sp³-hybridized carbons (Fsp3) is 0.350. The largest absolute Gasteiger partial charge is 0.497 e. The van der Waals surface area contributed by atoms with Gasteiger partial charge in [0.05, 0.1) is 12.0 Å². The molecule has 2 aromatic carbocycles. The Morgan fingerprint density at radius 3 is 2.38 bits per heavy atom. The minimum Gasteiger partial charge on any atom is -0.497 e. The number of hydrogen-bond acceptors (Lipinski definition) is 4.